The lowest BCUT2D eigenvalue weighted by atomic mass is 10.0. The van der Waals surface area contributed by atoms with Crippen molar-refractivity contribution in [3.05, 3.63) is 47.0 Å². The molecule has 2 N–H and O–H groups in total. The highest BCUT2D eigenvalue weighted by atomic mass is 35.5. The number of benzene rings is 2. The van der Waals surface area contributed by atoms with Crippen molar-refractivity contribution in [3.8, 4) is 11.5 Å². The molecule has 24 heavy (non-hydrogen) atoms. The summed E-state index contributed by atoms with van der Waals surface area (Å²) in [6.07, 6.45) is 0. The summed E-state index contributed by atoms with van der Waals surface area (Å²) < 4.78 is 11.0. The van der Waals surface area contributed by atoms with Crippen molar-refractivity contribution in [1.82, 2.24) is 0 Å². The first-order chi connectivity index (χ1) is 11.3. The minimum atomic E-state index is -0.972. The minimum Gasteiger partial charge on any atom is -0.497 e. The molecule has 0 saturated carbocycles. The molecule has 6 heteroatoms. The van der Waals surface area contributed by atoms with Crippen LogP contribution >= 0.6 is 11.6 Å². The van der Waals surface area contributed by atoms with Crippen molar-refractivity contribution in [2.45, 2.75) is 26.0 Å². The second-order valence-electron chi connectivity index (χ2n) is 6.19. The molecule has 0 fully saturated rings. The standard InChI is InChI=1S/C18H19ClN2O3/c1-18(2)17(22)21(10-11-4-6-12(23-3)7-5-11)15-8-13(19)14(20)9-16(15)24-18/h4-9H,10,20H2,1-3H3. The van der Waals surface area contributed by atoms with E-state index in [1.54, 1.807) is 38.0 Å². The van der Waals surface area contributed by atoms with Crippen LogP contribution in [0.25, 0.3) is 0 Å². The van der Waals surface area contributed by atoms with E-state index in [1.165, 1.54) is 0 Å². The summed E-state index contributed by atoms with van der Waals surface area (Å²) in [6.45, 7) is 3.89. The highest BCUT2D eigenvalue weighted by molar-refractivity contribution is 6.33. The molecule has 1 amide bonds. The van der Waals surface area contributed by atoms with Gasteiger partial charge in [0.15, 0.2) is 5.60 Å². The van der Waals surface area contributed by atoms with Crippen LogP contribution in [0.4, 0.5) is 11.4 Å². The van der Waals surface area contributed by atoms with E-state index in [0.29, 0.717) is 28.7 Å². The smallest absolute Gasteiger partial charge is 0.271 e. The van der Waals surface area contributed by atoms with E-state index in [0.717, 1.165) is 11.3 Å². The van der Waals surface area contributed by atoms with Gasteiger partial charge < -0.3 is 20.1 Å². The van der Waals surface area contributed by atoms with Crippen LogP contribution in [0.3, 0.4) is 0 Å². The number of anilines is 2. The van der Waals surface area contributed by atoms with Crippen LogP contribution in [0.15, 0.2) is 36.4 Å². The fourth-order valence-corrected chi connectivity index (χ4v) is 2.83. The first-order valence-electron chi connectivity index (χ1n) is 7.55. The number of hydrogen-bond acceptors (Lipinski definition) is 4. The average Bonchev–Trinajstić information content (AvgIpc) is 2.54. The highest BCUT2D eigenvalue weighted by Crippen LogP contribution is 2.42. The Kier molecular flexibility index (Phi) is 4.05. The number of rotatable bonds is 3. The molecule has 1 aliphatic heterocycles. The van der Waals surface area contributed by atoms with Crippen molar-refractivity contribution in [1.29, 1.82) is 0 Å². The maximum absolute atomic E-state index is 12.8. The van der Waals surface area contributed by atoms with Gasteiger partial charge in [-0.15, -0.1) is 0 Å². The largest absolute Gasteiger partial charge is 0.497 e. The van der Waals surface area contributed by atoms with Gasteiger partial charge >= 0.3 is 0 Å². The zero-order chi connectivity index (χ0) is 17.5. The number of carbonyl (C=O) groups is 1. The van der Waals surface area contributed by atoms with E-state index in [9.17, 15) is 4.79 Å². The Morgan fingerprint density at radius 1 is 1.25 bits per heavy atom. The number of nitrogens with zero attached hydrogens (tertiary/aromatic N) is 1. The Labute approximate surface area is 145 Å². The number of nitrogen functional groups attached to an aromatic ring is 1. The minimum absolute atomic E-state index is 0.133. The topological polar surface area (TPSA) is 64.8 Å². The lowest BCUT2D eigenvalue weighted by Gasteiger charge is -2.39. The highest BCUT2D eigenvalue weighted by Gasteiger charge is 2.41. The van der Waals surface area contributed by atoms with Crippen LogP contribution in [0, 0.1) is 0 Å². The third kappa shape index (κ3) is 2.87. The lowest BCUT2D eigenvalue weighted by molar-refractivity contribution is -0.132. The van der Waals surface area contributed by atoms with Gasteiger partial charge in [-0.3, -0.25) is 4.79 Å². The van der Waals surface area contributed by atoms with Gasteiger partial charge in [-0.25, -0.2) is 0 Å². The third-order valence-electron chi connectivity index (χ3n) is 3.99. The molecule has 0 aromatic heterocycles. The molecule has 0 atom stereocenters. The molecule has 0 saturated heterocycles. The quantitative estimate of drug-likeness (QED) is 0.862. The Bertz CT molecular complexity index is 788. The molecule has 5 nitrogen and oxygen atoms in total. The van der Waals surface area contributed by atoms with Crippen molar-refractivity contribution in [3.63, 3.8) is 0 Å². The van der Waals surface area contributed by atoms with Crippen LogP contribution in [0.1, 0.15) is 19.4 Å². The predicted molar refractivity (Wildman–Crippen MR) is 94.8 cm³/mol. The molecule has 2 aromatic carbocycles. The molecule has 0 spiro atoms. The molecule has 0 radical (unpaired) electrons. The van der Waals surface area contributed by atoms with Crippen molar-refractivity contribution < 1.29 is 14.3 Å². The number of methoxy groups -OCH3 is 1. The molecule has 1 aliphatic rings. The number of ether oxygens (including phenoxy) is 2. The summed E-state index contributed by atoms with van der Waals surface area (Å²) in [5.41, 5.74) is 6.91. The Hall–Kier alpha value is -2.40. The van der Waals surface area contributed by atoms with Gasteiger partial charge in [0.05, 0.1) is 30.1 Å². The number of halogens is 1. The monoisotopic (exact) mass is 346 g/mol. The maximum atomic E-state index is 12.8. The number of carbonyl (C=O) groups excluding carboxylic acids is 1. The SMILES string of the molecule is COc1ccc(CN2C(=O)C(C)(C)Oc3cc(N)c(Cl)cc32)cc1. The molecular formula is C18H19ClN2O3. The first kappa shape index (κ1) is 16.5. The Morgan fingerprint density at radius 3 is 2.54 bits per heavy atom. The van der Waals surface area contributed by atoms with Gasteiger partial charge in [-0.1, -0.05) is 23.7 Å². The summed E-state index contributed by atoms with van der Waals surface area (Å²) in [6, 6.07) is 10.9. The van der Waals surface area contributed by atoms with Crippen LogP contribution in [0.2, 0.25) is 5.02 Å². The Balaban J connectivity index is 2.01. The van der Waals surface area contributed by atoms with Crippen molar-refractivity contribution in [2.24, 2.45) is 0 Å². The fourth-order valence-electron chi connectivity index (χ4n) is 2.67. The average molecular weight is 347 g/mol. The van der Waals surface area contributed by atoms with Crippen LogP contribution < -0.4 is 20.1 Å². The van der Waals surface area contributed by atoms with Crippen molar-refractivity contribution >= 4 is 28.9 Å². The van der Waals surface area contributed by atoms with E-state index in [2.05, 4.69) is 0 Å². The zero-order valence-electron chi connectivity index (χ0n) is 13.8. The van der Waals surface area contributed by atoms with E-state index in [-0.39, 0.29) is 5.91 Å². The van der Waals surface area contributed by atoms with Crippen molar-refractivity contribution in [2.75, 3.05) is 17.7 Å². The van der Waals surface area contributed by atoms with E-state index in [1.807, 2.05) is 24.3 Å². The second-order valence-corrected chi connectivity index (χ2v) is 6.60. The summed E-state index contributed by atoms with van der Waals surface area (Å²) >= 11 is 6.14. The molecule has 0 bridgehead atoms. The van der Waals surface area contributed by atoms with Crippen LogP contribution in [-0.4, -0.2) is 18.6 Å². The summed E-state index contributed by atoms with van der Waals surface area (Å²) in [5, 5.41) is 0.393. The van der Waals surface area contributed by atoms with E-state index < -0.39 is 5.60 Å². The van der Waals surface area contributed by atoms with E-state index in [4.69, 9.17) is 26.8 Å². The number of amides is 1. The maximum Gasteiger partial charge on any atom is 0.271 e. The fraction of sp³-hybridized carbons (Fsp3) is 0.278. The molecular weight excluding hydrogens is 328 g/mol. The third-order valence-corrected chi connectivity index (χ3v) is 4.32. The summed E-state index contributed by atoms with van der Waals surface area (Å²) in [4.78, 5) is 14.5. The number of hydrogen-bond donors (Lipinski definition) is 1. The summed E-state index contributed by atoms with van der Waals surface area (Å²) in [5.74, 6) is 1.19. The first-order valence-corrected chi connectivity index (χ1v) is 7.92. The van der Waals surface area contributed by atoms with E-state index >= 15 is 0 Å². The van der Waals surface area contributed by atoms with Gasteiger partial charge in [-0.05, 0) is 37.6 Å². The van der Waals surface area contributed by atoms with Gasteiger partial charge in [0.1, 0.15) is 11.5 Å². The number of nitrogens with two attached hydrogens (primary N) is 1. The summed E-state index contributed by atoms with van der Waals surface area (Å²) in [7, 11) is 1.62. The molecule has 3 rings (SSSR count). The molecule has 126 valence electrons. The Morgan fingerprint density at radius 2 is 1.92 bits per heavy atom. The van der Waals surface area contributed by atoms with Crippen LogP contribution in [0.5, 0.6) is 11.5 Å². The zero-order valence-corrected chi connectivity index (χ0v) is 14.6. The molecule has 2 aromatic rings. The molecule has 0 aliphatic carbocycles. The molecule has 0 unspecified atom stereocenters. The number of fused-ring (bicyclic) bond motifs is 1. The normalized spacial score (nSPS) is 15.7. The van der Waals surface area contributed by atoms with Gasteiger partial charge in [0, 0.05) is 6.07 Å². The lowest BCUT2D eigenvalue weighted by Crippen LogP contribution is -2.52. The van der Waals surface area contributed by atoms with Gasteiger partial charge in [0.25, 0.3) is 5.91 Å². The second kappa shape index (κ2) is 5.91. The molecule has 1 heterocycles. The van der Waals surface area contributed by atoms with Gasteiger partial charge in [0.2, 0.25) is 0 Å². The predicted octanol–water partition coefficient (Wildman–Crippen LogP) is 3.64. The van der Waals surface area contributed by atoms with Gasteiger partial charge in [-0.2, -0.15) is 0 Å². The van der Waals surface area contributed by atoms with Crippen LogP contribution in [-0.2, 0) is 11.3 Å².